The van der Waals surface area contributed by atoms with Gasteiger partial charge in [0.1, 0.15) is 5.75 Å². The molecule has 0 aliphatic rings. The van der Waals surface area contributed by atoms with Gasteiger partial charge in [0.15, 0.2) is 0 Å². The lowest BCUT2D eigenvalue weighted by Gasteiger charge is -2.12. The molecule has 5 nitrogen and oxygen atoms in total. The van der Waals surface area contributed by atoms with Crippen LogP contribution in [0.25, 0.3) is 5.69 Å². The number of nitrogens with zero attached hydrogens (tertiary/aromatic N) is 2. The minimum Gasteiger partial charge on any atom is -0.496 e. The highest BCUT2D eigenvalue weighted by Crippen LogP contribution is 2.18. The molecule has 0 atom stereocenters. The van der Waals surface area contributed by atoms with Gasteiger partial charge in [0.2, 0.25) is 0 Å². The highest BCUT2D eigenvalue weighted by Gasteiger charge is 2.12. The smallest absolute Gasteiger partial charge is 0.255 e. The van der Waals surface area contributed by atoms with Crippen molar-refractivity contribution in [2.45, 2.75) is 6.54 Å². The first-order valence-corrected chi connectivity index (χ1v) is 7.27. The van der Waals surface area contributed by atoms with E-state index in [0.29, 0.717) is 17.9 Å². The van der Waals surface area contributed by atoms with Crippen LogP contribution in [0.2, 0.25) is 0 Å². The minimum absolute atomic E-state index is 0.164. The third kappa shape index (κ3) is 3.23. The number of benzene rings is 2. The van der Waals surface area contributed by atoms with Gasteiger partial charge in [0, 0.05) is 18.9 Å². The molecule has 23 heavy (non-hydrogen) atoms. The number of hydrogen-bond donors (Lipinski definition) is 1. The van der Waals surface area contributed by atoms with Crippen molar-refractivity contribution in [2.24, 2.45) is 0 Å². The van der Waals surface area contributed by atoms with Crippen LogP contribution in [0.1, 0.15) is 15.9 Å². The van der Waals surface area contributed by atoms with E-state index in [1.165, 1.54) is 0 Å². The summed E-state index contributed by atoms with van der Waals surface area (Å²) >= 11 is 0. The summed E-state index contributed by atoms with van der Waals surface area (Å²) < 4.78 is 7.15. The van der Waals surface area contributed by atoms with Crippen LogP contribution in [0, 0.1) is 0 Å². The molecule has 0 aliphatic heterocycles. The van der Waals surface area contributed by atoms with Gasteiger partial charge in [-0.15, -0.1) is 0 Å². The number of hydrogen-bond acceptors (Lipinski definition) is 3. The van der Waals surface area contributed by atoms with Crippen LogP contribution in [-0.2, 0) is 6.54 Å². The van der Waals surface area contributed by atoms with Crippen molar-refractivity contribution in [2.75, 3.05) is 7.11 Å². The van der Waals surface area contributed by atoms with Crippen LogP contribution >= 0.6 is 0 Å². The molecule has 3 aromatic rings. The first-order chi connectivity index (χ1) is 11.3. The van der Waals surface area contributed by atoms with Gasteiger partial charge in [-0.05, 0) is 23.8 Å². The van der Waals surface area contributed by atoms with E-state index < -0.39 is 0 Å². The Balaban J connectivity index is 1.78. The summed E-state index contributed by atoms with van der Waals surface area (Å²) in [5.41, 5.74) is 2.52. The average Bonchev–Trinajstić information content (AvgIpc) is 3.14. The second-order valence-corrected chi connectivity index (χ2v) is 4.98. The standard InChI is InChI=1S/C18H17N3O2/c1-23-17-9-5-3-7-15(17)18(22)20-12-14-6-2-4-8-16(14)21-11-10-19-13-21/h2-11,13H,12H2,1H3,(H,20,22). The monoisotopic (exact) mass is 307 g/mol. The lowest BCUT2D eigenvalue weighted by molar-refractivity contribution is 0.0948. The first-order valence-electron chi connectivity index (χ1n) is 7.27. The maximum atomic E-state index is 12.4. The van der Waals surface area contributed by atoms with Gasteiger partial charge in [-0.1, -0.05) is 30.3 Å². The molecule has 116 valence electrons. The van der Waals surface area contributed by atoms with Crippen LogP contribution in [0.3, 0.4) is 0 Å². The lowest BCUT2D eigenvalue weighted by atomic mass is 10.1. The molecule has 1 aromatic heterocycles. The van der Waals surface area contributed by atoms with Crippen LogP contribution in [0.4, 0.5) is 0 Å². The zero-order chi connectivity index (χ0) is 16.1. The van der Waals surface area contributed by atoms with E-state index in [0.717, 1.165) is 11.3 Å². The summed E-state index contributed by atoms with van der Waals surface area (Å²) in [5, 5.41) is 2.94. The number of imidazole rings is 1. The molecule has 1 heterocycles. The SMILES string of the molecule is COc1ccccc1C(=O)NCc1ccccc1-n1ccnc1. The van der Waals surface area contributed by atoms with E-state index >= 15 is 0 Å². The number of carbonyl (C=O) groups is 1. The van der Waals surface area contributed by atoms with Crippen molar-refractivity contribution in [3.05, 3.63) is 78.4 Å². The van der Waals surface area contributed by atoms with Gasteiger partial charge in [0.05, 0.1) is 24.7 Å². The summed E-state index contributed by atoms with van der Waals surface area (Å²) in [6, 6.07) is 15.1. The maximum Gasteiger partial charge on any atom is 0.255 e. The molecule has 0 bridgehead atoms. The fourth-order valence-corrected chi connectivity index (χ4v) is 2.42. The summed E-state index contributed by atoms with van der Waals surface area (Å²) in [4.78, 5) is 16.4. The molecule has 0 radical (unpaired) electrons. The van der Waals surface area contributed by atoms with Crippen LogP contribution < -0.4 is 10.1 Å². The topological polar surface area (TPSA) is 56.1 Å². The van der Waals surface area contributed by atoms with Crippen LogP contribution in [-0.4, -0.2) is 22.6 Å². The summed E-state index contributed by atoms with van der Waals surface area (Å²) in [6.45, 7) is 0.422. The second kappa shape index (κ2) is 6.79. The molecule has 1 N–H and O–H groups in total. The van der Waals surface area contributed by atoms with Crippen molar-refractivity contribution in [1.29, 1.82) is 0 Å². The molecule has 0 saturated heterocycles. The molecule has 0 fully saturated rings. The highest BCUT2D eigenvalue weighted by atomic mass is 16.5. The first kappa shape index (κ1) is 14.8. The minimum atomic E-state index is -0.164. The van der Waals surface area contributed by atoms with E-state index in [1.807, 2.05) is 47.2 Å². The third-order valence-corrected chi connectivity index (χ3v) is 3.57. The van der Waals surface area contributed by atoms with Crippen LogP contribution in [0.5, 0.6) is 5.75 Å². The Morgan fingerprint density at radius 3 is 2.74 bits per heavy atom. The van der Waals surface area contributed by atoms with Gasteiger partial charge in [-0.2, -0.15) is 0 Å². The Bertz CT molecular complexity index is 798. The van der Waals surface area contributed by atoms with Gasteiger partial charge < -0.3 is 14.6 Å². The summed E-state index contributed by atoms with van der Waals surface area (Å²) in [5.74, 6) is 0.399. The summed E-state index contributed by atoms with van der Waals surface area (Å²) in [6.07, 6.45) is 5.34. The molecular weight excluding hydrogens is 290 g/mol. The Kier molecular flexibility index (Phi) is 4.38. The Morgan fingerprint density at radius 2 is 1.96 bits per heavy atom. The molecule has 5 heteroatoms. The van der Waals surface area contributed by atoms with Crippen LogP contribution in [0.15, 0.2) is 67.3 Å². The van der Waals surface area contributed by atoms with Gasteiger partial charge in [-0.25, -0.2) is 4.98 Å². The quantitative estimate of drug-likeness (QED) is 0.788. The number of ether oxygens (including phenoxy) is 1. The molecule has 0 saturated carbocycles. The number of aromatic nitrogens is 2. The fourth-order valence-electron chi connectivity index (χ4n) is 2.42. The van der Waals surface area contributed by atoms with E-state index in [4.69, 9.17) is 4.74 Å². The Morgan fingerprint density at radius 1 is 1.17 bits per heavy atom. The molecule has 0 aliphatic carbocycles. The zero-order valence-corrected chi connectivity index (χ0v) is 12.8. The number of amides is 1. The predicted octanol–water partition coefficient (Wildman–Crippen LogP) is 2.81. The van der Waals surface area contributed by atoms with Crippen molar-refractivity contribution in [3.63, 3.8) is 0 Å². The highest BCUT2D eigenvalue weighted by molar-refractivity contribution is 5.96. The molecule has 0 spiro atoms. The number of carbonyl (C=O) groups excluding carboxylic acids is 1. The number of methoxy groups -OCH3 is 1. The van der Waals surface area contributed by atoms with Gasteiger partial charge in [0.25, 0.3) is 5.91 Å². The third-order valence-electron chi connectivity index (χ3n) is 3.57. The normalized spacial score (nSPS) is 10.3. The van der Waals surface area contributed by atoms with Crippen molar-refractivity contribution in [3.8, 4) is 11.4 Å². The Hall–Kier alpha value is -3.08. The van der Waals surface area contributed by atoms with E-state index in [-0.39, 0.29) is 5.91 Å². The van der Waals surface area contributed by atoms with E-state index in [9.17, 15) is 4.79 Å². The number of nitrogens with one attached hydrogen (secondary N) is 1. The maximum absolute atomic E-state index is 12.4. The molecule has 2 aromatic carbocycles. The van der Waals surface area contributed by atoms with E-state index in [2.05, 4.69) is 10.3 Å². The molecule has 1 amide bonds. The molecule has 3 rings (SSSR count). The van der Waals surface area contributed by atoms with Crippen molar-refractivity contribution < 1.29 is 9.53 Å². The molecule has 0 unspecified atom stereocenters. The summed E-state index contributed by atoms with van der Waals surface area (Å²) in [7, 11) is 1.56. The number of para-hydroxylation sites is 2. The predicted molar refractivity (Wildman–Crippen MR) is 87.7 cm³/mol. The average molecular weight is 307 g/mol. The van der Waals surface area contributed by atoms with Gasteiger partial charge >= 0.3 is 0 Å². The Labute approximate surface area is 134 Å². The molecular formula is C18H17N3O2. The lowest BCUT2D eigenvalue weighted by Crippen LogP contribution is -2.24. The van der Waals surface area contributed by atoms with Crippen molar-refractivity contribution >= 4 is 5.91 Å². The zero-order valence-electron chi connectivity index (χ0n) is 12.8. The van der Waals surface area contributed by atoms with Gasteiger partial charge in [-0.3, -0.25) is 4.79 Å². The van der Waals surface area contributed by atoms with E-state index in [1.54, 1.807) is 31.8 Å². The second-order valence-electron chi connectivity index (χ2n) is 4.98. The van der Waals surface area contributed by atoms with Crippen molar-refractivity contribution in [1.82, 2.24) is 14.9 Å². The largest absolute Gasteiger partial charge is 0.496 e. The number of rotatable bonds is 5. The fraction of sp³-hybridized carbons (Fsp3) is 0.111.